The molecule has 0 spiro atoms. The van der Waals surface area contributed by atoms with Gasteiger partial charge in [0.25, 0.3) is 5.91 Å². The number of ether oxygens (including phenoxy) is 1. The number of aromatic nitrogens is 2. The van der Waals surface area contributed by atoms with E-state index in [9.17, 15) is 4.79 Å². The molecule has 1 aliphatic heterocycles. The van der Waals surface area contributed by atoms with Crippen LogP contribution in [0, 0.1) is 0 Å². The van der Waals surface area contributed by atoms with Gasteiger partial charge in [0, 0.05) is 38.2 Å². The van der Waals surface area contributed by atoms with Crippen LogP contribution in [0.1, 0.15) is 34.6 Å². The Labute approximate surface area is 176 Å². The van der Waals surface area contributed by atoms with Crippen LogP contribution in [0.25, 0.3) is 0 Å². The number of para-hydroxylation sites is 1. The van der Waals surface area contributed by atoms with Crippen LogP contribution in [-0.2, 0) is 19.6 Å². The molecular weight excluding hydrogens is 380 g/mol. The molecule has 3 aromatic rings. The van der Waals surface area contributed by atoms with Crippen molar-refractivity contribution in [3.63, 3.8) is 0 Å². The number of hydrogen-bond donors (Lipinski definition) is 0. The predicted molar refractivity (Wildman–Crippen MR) is 112 cm³/mol. The highest BCUT2D eigenvalue weighted by atomic mass is 16.5. The molecule has 1 aromatic heterocycles. The van der Waals surface area contributed by atoms with Crippen molar-refractivity contribution in [1.82, 2.24) is 19.9 Å². The number of benzene rings is 2. The summed E-state index contributed by atoms with van der Waals surface area (Å²) in [5, 5.41) is 4.01. The van der Waals surface area contributed by atoms with Crippen molar-refractivity contribution in [2.45, 2.75) is 26.5 Å². The summed E-state index contributed by atoms with van der Waals surface area (Å²) in [4.78, 5) is 21.3. The Balaban J connectivity index is 1.26. The van der Waals surface area contributed by atoms with Crippen molar-refractivity contribution >= 4 is 5.91 Å². The molecular formula is C23H26N4O3. The molecule has 1 fully saturated rings. The molecule has 1 amide bonds. The van der Waals surface area contributed by atoms with Gasteiger partial charge in [-0.25, -0.2) is 0 Å². The number of aryl methyl sites for hydroxylation is 1. The number of carbonyl (C=O) groups excluding carboxylic acids is 1. The molecule has 1 aliphatic rings. The fourth-order valence-electron chi connectivity index (χ4n) is 3.42. The normalized spacial score (nSPS) is 14.6. The Morgan fingerprint density at radius 2 is 1.77 bits per heavy atom. The second-order valence-corrected chi connectivity index (χ2v) is 7.32. The quantitative estimate of drug-likeness (QED) is 0.600. The monoisotopic (exact) mass is 406 g/mol. The van der Waals surface area contributed by atoms with Crippen LogP contribution in [0.3, 0.4) is 0 Å². The summed E-state index contributed by atoms with van der Waals surface area (Å²) in [6, 6.07) is 17.4. The van der Waals surface area contributed by atoms with E-state index in [1.165, 1.54) is 0 Å². The Bertz CT molecular complexity index is 948. The molecule has 4 rings (SSSR count). The summed E-state index contributed by atoms with van der Waals surface area (Å²) in [6.07, 6.45) is 0.743. The minimum Gasteiger partial charge on any atom is -0.489 e. The van der Waals surface area contributed by atoms with Crippen molar-refractivity contribution < 1.29 is 14.1 Å². The number of rotatable bonds is 7. The lowest BCUT2D eigenvalue weighted by Crippen LogP contribution is -2.48. The van der Waals surface area contributed by atoms with E-state index in [2.05, 4.69) is 15.0 Å². The number of hydrogen-bond acceptors (Lipinski definition) is 6. The van der Waals surface area contributed by atoms with Gasteiger partial charge in [0.15, 0.2) is 5.82 Å². The minimum atomic E-state index is 0.0676. The molecule has 7 nitrogen and oxygen atoms in total. The molecule has 0 N–H and O–H groups in total. The zero-order valence-corrected chi connectivity index (χ0v) is 17.2. The summed E-state index contributed by atoms with van der Waals surface area (Å²) < 4.78 is 10.9. The van der Waals surface area contributed by atoms with Gasteiger partial charge in [-0.1, -0.05) is 42.4 Å². The molecule has 0 bridgehead atoms. The van der Waals surface area contributed by atoms with Crippen molar-refractivity contribution in [3.05, 3.63) is 77.4 Å². The SMILES string of the molecule is CCc1nc(CN2CCN(C(=O)c3ccc(COc4ccccc4)cc3)CC2)no1. The first kappa shape index (κ1) is 20.1. The minimum absolute atomic E-state index is 0.0676. The first-order valence-corrected chi connectivity index (χ1v) is 10.3. The van der Waals surface area contributed by atoms with Crippen molar-refractivity contribution in [1.29, 1.82) is 0 Å². The molecule has 0 saturated carbocycles. The van der Waals surface area contributed by atoms with E-state index in [-0.39, 0.29) is 5.91 Å². The van der Waals surface area contributed by atoms with Crippen LogP contribution in [0.2, 0.25) is 0 Å². The molecule has 0 radical (unpaired) electrons. The third-order valence-corrected chi connectivity index (χ3v) is 5.19. The van der Waals surface area contributed by atoms with E-state index in [1.54, 1.807) is 0 Å². The summed E-state index contributed by atoms with van der Waals surface area (Å²) in [5.74, 6) is 2.27. The lowest BCUT2D eigenvalue weighted by molar-refractivity contribution is 0.0624. The number of carbonyl (C=O) groups is 1. The zero-order valence-electron chi connectivity index (χ0n) is 17.2. The van der Waals surface area contributed by atoms with E-state index in [1.807, 2.05) is 66.4 Å². The summed E-state index contributed by atoms with van der Waals surface area (Å²) >= 11 is 0. The molecule has 0 unspecified atom stereocenters. The first-order valence-electron chi connectivity index (χ1n) is 10.3. The van der Waals surface area contributed by atoms with E-state index < -0.39 is 0 Å². The van der Waals surface area contributed by atoms with Gasteiger partial charge in [0.1, 0.15) is 12.4 Å². The van der Waals surface area contributed by atoms with Gasteiger partial charge in [-0.15, -0.1) is 0 Å². The smallest absolute Gasteiger partial charge is 0.253 e. The molecule has 2 aromatic carbocycles. The van der Waals surface area contributed by atoms with Gasteiger partial charge in [0.2, 0.25) is 5.89 Å². The third kappa shape index (κ3) is 5.04. The molecule has 0 aliphatic carbocycles. The van der Waals surface area contributed by atoms with Crippen LogP contribution in [0.4, 0.5) is 0 Å². The van der Waals surface area contributed by atoms with Gasteiger partial charge < -0.3 is 14.2 Å². The van der Waals surface area contributed by atoms with E-state index in [0.29, 0.717) is 43.5 Å². The second-order valence-electron chi connectivity index (χ2n) is 7.32. The molecule has 30 heavy (non-hydrogen) atoms. The number of piperazine rings is 1. The molecule has 2 heterocycles. The Kier molecular flexibility index (Phi) is 6.39. The maximum atomic E-state index is 12.8. The van der Waals surface area contributed by atoms with Gasteiger partial charge in [-0.2, -0.15) is 4.98 Å². The second kappa shape index (κ2) is 9.54. The summed E-state index contributed by atoms with van der Waals surface area (Å²) in [7, 11) is 0. The van der Waals surface area contributed by atoms with Crippen molar-refractivity contribution in [2.24, 2.45) is 0 Å². The standard InChI is InChI=1S/C23H26N4O3/c1-2-22-24-21(25-30-22)16-26-12-14-27(15-13-26)23(28)19-10-8-18(9-11-19)17-29-20-6-4-3-5-7-20/h3-11H,2,12-17H2,1H3. The Morgan fingerprint density at radius 1 is 1.03 bits per heavy atom. The van der Waals surface area contributed by atoms with E-state index in [4.69, 9.17) is 9.26 Å². The van der Waals surface area contributed by atoms with Crippen LogP contribution in [0.15, 0.2) is 59.1 Å². The number of amides is 1. The summed E-state index contributed by atoms with van der Waals surface area (Å²) in [6.45, 7) is 6.10. The average molecular weight is 406 g/mol. The maximum Gasteiger partial charge on any atom is 0.253 e. The van der Waals surface area contributed by atoms with E-state index in [0.717, 1.165) is 30.8 Å². The van der Waals surface area contributed by atoms with Gasteiger partial charge in [-0.3, -0.25) is 9.69 Å². The van der Waals surface area contributed by atoms with E-state index >= 15 is 0 Å². The lowest BCUT2D eigenvalue weighted by Gasteiger charge is -2.34. The Morgan fingerprint density at radius 3 is 2.43 bits per heavy atom. The van der Waals surface area contributed by atoms with Crippen LogP contribution in [-0.4, -0.2) is 52.0 Å². The largest absolute Gasteiger partial charge is 0.489 e. The van der Waals surface area contributed by atoms with Gasteiger partial charge in [0.05, 0.1) is 6.54 Å². The average Bonchev–Trinajstić information content (AvgIpc) is 3.26. The lowest BCUT2D eigenvalue weighted by atomic mass is 10.1. The molecule has 0 atom stereocenters. The van der Waals surface area contributed by atoms with Crippen LogP contribution < -0.4 is 4.74 Å². The molecule has 7 heteroatoms. The fourth-order valence-corrected chi connectivity index (χ4v) is 3.42. The molecule has 1 saturated heterocycles. The van der Waals surface area contributed by atoms with Crippen LogP contribution in [0.5, 0.6) is 5.75 Å². The van der Waals surface area contributed by atoms with Crippen molar-refractivity contribution in [3.8, 4) is 5.75 Å². The Hall–Kier alpha value is -3.19. The van der Waals surface area contributed by atoms with Crippen LogP contribution >= 0.6 is 0 Å². The molecule has 156 valence electrons. The number of nitrogens with zero attached hydrogens (tertiary/aromatic N) is 4. The van der Waals surface area contributed by atoms with Crippen molar-refractivity contribution in [2.75, 3.05) is 26.2 Å². The van der Waals surface area contributed by atoms with Gasteiger partial charge >= 0.3 is 0 Å². The third-order valence-electron chi connectivity index (χ3n) is 5.19. The fraction of sp³-hybridized carbons (Fsp3) is 0.348. The van der Waals surface area contributed by atoms with Gasteiger partial charge in [-0.05, 0) is 29.8 Å². The zero-order chi connectivity index (χ0) is 20.8. The maximum absolute atomic E-state index is 12.8. The highest BCUT2D eigenvalue weighted by Gasteiger charge is 2.23. The topological polar surface area (TPSA) is 71.7 Å². The first-order chi connectivity index (χ1) is 14.7. The summed E-state index contributed by atoms with van der Waals surface area (Å²) in [5.41, 5.74) is 1.74. The highest BCUT2D eigenvalue weighted by Crippen LogP contribution is 2.14. The highest BCUT2D eigenvalue weighted by molar-refractivity contribution is 5.94. The predicted octanol–water partition coefficient (Wildman–Crippen LogP) is 3.17.